The Kier molecular flexibility index (Phi) is 8.11. The van der Waals surface area contributed by atoms with Gasteiger partial charge < -0.3 is 5.32 Å². The monoisotopic (exact) mass is 592 g/mol. The summed E-state index contributed by atoms with van der Waals surface area (Å²) in [6.07, 6.45) is 3.43. The molecule has 3 aliphatic rings. The minimum Gasteiger partial charge on any atom is -0.314 e. The number of fused-ring (bicyclic) bond motifs is 2. The number of carbonyl (C=O) groups excluding carboxylic acids is 2. The highest BCUT2D eigenvalue weighted by atomic mass is 35.5. The van der Waals surface area contributed by atoms with Crippen LogP contribution in [0.1, 0.15) is 44.4 Å². The molecule has 11 heteroatoms. The van der Waals surface area contributed by atoms with Gasteiger partial charge in [-0.25, -0.2) is 9.50 Å². The van der Waals surface area contributed by atoms with Crippen molar-refractivity contribution in [2.75, 3.05) is 13.1 Å². The van der Waals surface area contributed by atoms with Crippen LogP contribution in [0.25, 0.3) is 16.8 Å². The summed E-state index contributed by atoms with van der Waals surface area (Å²) >= 11 is 6.56. The van der Waals surface area contributed by atoms with E-state index in [9.17, 15) is 9.59 Å². The first-order chi connectivity index (χ1) is 17.6. The highest BCUT2D eigenvalue weighted by Crippen LogP contribution is 2.63. The number of carbonyl (C=O) groups is 2. The average molecular weight is 594 g/mol. The van der Waals surface area contributed by atoms with E-state index in [1.54, 1.807) is 10.8 Å². The lowest BCUT2D eigenvalue weighted by molar-refractivity contribution is -0.143. The number of benzene rings is 1. The molecule has 2 amide bonds. The fourth-order valence-corrected chi connectivity index (χ4v) is 6.75. The van der Waals surface area contributed by atoms with Gasteiger partial charge in [-0.05, 0) is 61.1 Å². The molecule has 1 N–H and O–H groups in total. The Bertz CT molecular complexity index is 1410. The van der Waals surface area contributed by atoms with Crippen molar-refractivity contribution in [1.82, 2.24) is 29.7 Å². The number of nitrogens with one attached hydrogen (secondary N) is 1. The summed E-state index contributed by atoms with van der Waals surface area (Å²) < 4.78 is 1.78. The number of hydrogen-bond acceptors (Lipinski definition) is 6. The van der Waals surface area contributed by atoms with Crippen molar-refractivity contribution in [3.05, 3.63) is 52.4 Å². The lowest BCUT2D eigenvalue weighted by Gasteiger charge is -2.40. The van der Waals surface area contributed by atoms with E-state index in [1.807, 2.05) is 38.2 Å². The summed E-state index contributed by atoms with van der Waals surface area (Å²) in [4.78, 5) is 34.4. The second-order valence-electron chi connectivity index (χ2n) is 11.6. The Labute approximate surface area is 246 Å². The van der Waals surface area contributed by atoms with Crippen LogP contribution in [0.5, 0.6) is 0 Å². The first-order valence-corrected chi connectivity index (χ1v) is 13.4. The molecule has 0 radical (unpaired) electrons. The average Bonchev–Trinajstić information content (AvgIpc) is 3.08. The van der Waals surface area contributed by atoms with Gasteiger partial charge in [0, 0.05) is 48.5 Å². The third kappa shape index (κ3) is 4.84. The molecular weight excluding hydrogens is 559 g/mol. The van der Waals surface area contributed by atoms with Crippen molar-refractivity contribution in [3.8, 4) is 11.3 Å². The van der Waals surface area contributed by atoms with E-state index < -0.39 is 0 Å². The molecule has 3 aromatic rings. The second kappa shape index (κ2) is 10.6. The molecule has 39 heavy (non-hydrogen) atoms. The zero-order valence-corrected chi connectivity index (χ0v) is 25.2. The van der Waals surface area contributed by atoms with Gasteiger partial charge in [0.15, 0.2) is 0 Å². The number of hydrogen-bond donors (Lipinski definition) is 1. The molecule has 2 unspecified atom stereocenters. The van der Waals surface area contributed by atoms with E-state index in [4.69, 9.17) is 16.6 Å². The van der Waals surface area contributed by atoms with Crippen LogP contribution >= 0.6 is 36.4 Å². The molecule has 4 heterocycles. The maximum atomic E-state index is 12.9. The first-order valence-electron chi connectivity index (χ1n) is 13.0. The summed E-state index contributed by atoms with van der Waals surface area (Å²) in [5.74, 6) is -0.486. The van der Waals surface area contributed by atoms with E-state index in [-0.39, 0.29) is 60.4 Å². The topological polar surface area (TPSA) is 82.8 Å². The van der Waals surface area contributed by atoms with Crippen LogP contribution in [0.3, 0.4) is 0 Å². The van der Waals surface area contributed by atoms with E-state index in [0.717, 1.165) is 47.5 Å². The molecule has 2 aliphatic heterocycles. The van der Waals surface area contributed by atoms with Gasteiger partial charge in [0.25, 0.3) is 0 Å². The van der Waals surface area contributed by atoms with E-state index >= 15 is 0 Å². The maximum Gasteiger partial charge on any atom is 0.233 e. The Morgan fingerprint density at radius 3 is 2.31 bits per heavy atom. The minimum absolute atomic E-state index is 0. The zero-order valence-electron chi connectivity index (χ0n) is 22.8. The van der Waals surface area contributed by atoms with Crippen molar-refractivity contribution in [3.63, 3.8) is 0 Å². The quantitative estimate of drug-likeness (QED) is 0.438. The van der Waals surface area contributed by atoms with E-state index in [2.05, 4.69) is 36.1 Å². The molecule has 3 fully saturated rings. The molecule has 4 atom stereocenters. The highest BCUT2D eigenvalue weighted by Gasteiger charge is 2.72. The predicted octanol–water partition coefficient (Wildman–Crippen LogP) is 4.52. The number of rotatable bonds is 5. The summed E-state index contributed by atoms with van der Waals surface area (Å²) in [6.45, 7) is 13.6. The molecule has 2 saturated heterocycles. The number of amides is 2. The van der Waals surface area contributed by atoms with Crippen LogP contribution in [0.4, 0.5) is 0 Å². The largest absolute Gasteiger partial charge is 0.314 e. The van der Waals surface area contributed by atoms with Gasteiger partial charge in [-0.2, -0.15) is 5.10 Å². The van der Waals surface area contributed by atoms with Gasteiger partial charge >= 0.3 is 0 Å². The molecular formula is C28H35Cl3N6O2. The number of imide groups is 1. The molecule has 1 aliphatic carbocycles. The second-order valence-corrected chi connectivity index (χ2v) is 12.0. The Hall–Kier alpha value is -2.23. The van der Waals surface area contributed by atoms with E-state index in [0.29, 0.717) is 17.1 Å². The SMILES string of the molecule is Cc1cc(Cl)cc(-c2ncnn3cc(CN4C(=O)C5C(C4=O)C5(C)C)cc23)c1CN1[C@@H](C)CNC[C@@H]1C.Cl.Cl. The predicted molar refractivity (Wildman–Crippen MR) is 156 cm³/mol. The summed E-state index contributed by atoms with van der Waals surface area (Å²) in [7, 11) is 0. The fraction of sp³-hybridized carbons (Fsp3) is 0.500. The van der Waals surface area contributed by atoms with Crippen molar-refractivity contribution in [2.24, 2.45) is 17.3 Å². The number of likely N-dealkylation sites (tertiary alicyclic amines) is 1. The maximum absolute atomic E-state index is 12.9. The molecule has 6 rings (SSSR count). The van der Waals surface area contributed by atoms with Crippen LogP contribution < -0.4 is 5.32 Å². The van der Waals surface area contributed by atoms with Crippen molar-refractivity contribution in [2.45, 2.75) is 59.8 Å². The normalized spacial score (nSPS) is 25.8. The molecule has 1 aromatic carbocycles. The third-order valence-corrected chi connectivity index (χ3v) is 8.96. The molecule has 8 nitrogen and oxygen atoms in total. The number of aryl methyl sites for hydroxylation is 1. The van der Waals surface area contributed by atoms with Crippen LogP contribution in [0, 0.1) is 24.2 Å². The van der Waals surface area contributed by atoms with Crippen molar-refractivity contribution in [1.29, 1.82) is 0 Å². The summed E-state index contributed by atoms with van der Waals surface area (Å²) in [6, 6.07) is 6.80. The number of nitrogens with zero attached hydrogens (tertiary/aromatic N) is 5. The third-order valence-electron chi connectivity index (χ3n) is 8.74. The summed E-state index contributed by atoms with van der Waals surface area (Å²) in [5, 5.41) is 8.59. The molecule has 0 bridgehead atoms. The zero-order chi connectivity index (χ0) is 26.2. The number of piperazine rings is 1. The van der Waals surface area contributed by atoms with Crippen molar-refractivity contribution >= 4 is 53.7 Å². The first kappa shape index (κ1) is 29.7. The van der Waals surface area contributed by atoms with Gasteiger partial charge in [0.05, 0.1) is 29.6 Å². The van der Waals surface area contributed by atoms with Crippen LogP contribution in [0.15, 0.2) is 30.7 Å². The van der Waals surface area contributed by atoms with Crippen LogP contribution in [-0.4, -0.2) is 61.4 Å². The van der Waals surface area contributed by atoms with Gasteiger partial charge in [-0.1, -0.05) is 25.4 Å². The minimum atomic E-state index is -0.213. The summed E-state index contributed by atoms with van der Waals surface area (Å²) in [5.41, 5.74) is 5.56. The Morgan fingerprint density at radius 2 is 1.67 bits per heavy atom. The van der Waals surface area contributed by atoms with Gasteiger partial charge in [-0.15, -0.1) is 24.8 Å². The van der Waals surface area contributed by atoms with Gasteiger partial charge in [-0.3, -0.25) is 19.4 Å². The number of halogens is 3. The number of piperidine rings is 1. The molecule has 0 spiro atoms. The van der Waals surface area contributed by atoms with Crippen LogP contribution in [0.2, 0.25) is 5.02 Å². The Balaban J connectivity index is 0.00000176. The Morgan fingerprint density at radius 1 is 1.03 bits per heavy atom. The number of aromatic nitrogens is 3. The molecule has 2 aromatic heterocycles. The van der Waals surface area contributed by atoms with Crippen molar-refractivity contribution < 1.29 is 9.59 Å². The van der Waals surface area contributed by atoms with Gasteiger partial charge in [0.1, 0.15) is 6.33 Å². The smallest absolute Gasteiger partial charge is 0.233 e. The van der Waals surface area contributed by atoms with Crippen LogP contribution in [-0.2, 0) is 22.7 Å². The lowest BCUT2D eigenvalue weighted by atomic mass is 9.96. The molecule has 210 valence electrons. The van der Waals surface area contributed by atoms with E-state index in [1.165, 1.54) is 10.5 Å². The lowest BCUT2D eigenvalue weighted by Crippen LogP contribution is -2.54. The highest BCUT2D eigenvalue weighted by molar-refractivity contribution is 6.31. The molecule has 1 saturated carbocycles. The fourth-order valence-electron chi connectivity index (χ4n) is 6.48. The van der Waals surface area contributed by atoms with Gasteiger partial charge in [0.2, 0.25) is 11.8 Å². The standard InChI is InChI=1S/C28H33ClN6O2.2ClH/c1-15-6-19(29)8-20(21(15)13-33-16(2)9-30-10-17(33)3)25-22-7-18(12-35(22)32-14-31-25)11-34-26(36)23-24(27(34)37)28(23,4)5;;/h6-8,12,14,16-17,23-24,30H,9-11,13H2,1-5H3;2*1H/t16-,17-,23?,24?;;/m0../s1.